The molecule has 0 aromatic heterocycles. The van der Waals surface area contributed by atoms with E-state index >= 15 is 0 Å². The molecule has 1 unspecified atom stereocenters. The average Bonchev–Trinajstić information content (AvgIpc) is 2.90. The molecule has 1 aromatic rings. The summed E-state index contributed by atoms with van der Waals surface area (Å²) in [6.45, 7) is 0. The number of amides is 1. The summed E-state index contributed by atoms with van der Waals surface area (Å²) >= 11 is 5.80. The summed E-state index contributed by atoms with van der Waals surface area (Å²) in [4.78, 5) is 11.6. The van der Waals surface area contributed by atoms with Gasteiger partial charge in [0.25, 0.3) is 10.0 Å². The lowest BCUT2D eigenvalue weighted by molar-refractivity contribution is -0.119. The highest BCUT2D eigenvalue weighted by atomic mass is 35.5. The van der Waals surface area contributed by atoms with E-state index in [0.29, 0.717) is 0 Å². The van der Waals surface area contributed by atoms with Gasteiger partial charge in [0.2, 0.25) is 5.91 Å². The van der Waals surface area contributed by atoms with E-state index < -0.39 is 15.9 Å². The third-order valence-electron chi connectivity index (χ3n) is 3.18. The number of nitrogens with zero attached hydrogens (tertiary/aromatic N) is 1. The topological polar surface area (TPSA) is 87.0 Å². The van der Waals surface area contributed by atoms with E-state index in [-0.39, 0.29) is 27.8 Å². The number of rotatable bonds is 4. The van der Waals surface area contributed by atoms with E-state index in [0.717, 1.165) is 18.9 Å². The van der Waals surface area contributed by atoms with Crippen molar-refractivity contribution in [2.75, 3.05) is 0 Å². The second-order valence-corrected chi connectivity index (χ2v) is 6.84. The van der Waals surface area contributed by atoms with E-state index in [1.54, 1.807) is 0 Å². The number of nitriles is 1. The quantitative estimate of drug-likeness (QED) is 0.861. The van der Waals surface area contributed by atoms with Crippen LogP contribution >= 0.6 is 11.6 Å². The molecule has 21 heavy (non-hydrogen) atoms. The first-order chi connectivity index (χ1) is 9.92. The van der Waals surface area contributed by atoms with Crippen molar-refractivity contribution < 1.29 is 13.2 Å². The van der Waals surface area contributed by atoms with E-state index in [1.807, 2.05) is 22.9 Å². The Labute approximate surface area is 128 Å². The largest absolute Gasteiger partial charge is 0.274 e. The van der Waals surface area contributed by atoms with Crippen LogP contribution < -0.4 is 4.72 Å². The number of halogens is 1. The van der Waals surface area contributed by atoms with Gasteiger partial charge in [0.15, 0.2) is 0 Å². The number of carbonyl (C=O) groups excluding carboxylic acids is 1. The first kappa shape index (κ1) is 15.5. The van der Waals surface area contributed by atoms with Gasteiger partial charge >= 0.3 is 0 Å². The van der Waals surface area contributed by atoms with E-state index in [2.05, 4.69) is 0 Å². The molecule has 7 heteroatoms. The van der Waals surface area contributed by atoms with E-state index in [9.17, 15) is 13.2 Å². The van der Waals surface area contributed by atoms with Gasteiger partial charge in [-0.15, -0.1) is 0 Å². The van der Waals surface area contributed by atoms with E-state index in [1.165, 1.54) is 12.1 Å². The van der Waals surface area contributed by atoms with Crippen molar-refractivity contribution in [2.45, 2.75) is 24.2 Å². The van der Waals surface area contributed by atoms with Crippen molar-refractivity contribution in [1.29, 1.82) is 5.26 Å². The number of hydrogen-bond acceptors (Lipinski definition) is 4. The van der Waals surface area contributed by atoms with Gasteiger partial charge in [-0.05, 0) is 37.0 Å². The Morgan fingerprint density at radius 3 is 2.81 bits per heavy atom. The van der Waals surface area contributed by atoms with Crippen LogP contribution in [0.4, 0.5) is 0 Å². The Bertz CT molecular complexity index is 735. The Morgan fingerprint density at radius 1 is 1.48 bits per heavy atom. The van der Waals surface area contributed by atoms with E-state index in [4.69, 9.17) is 16.9 Å². The first-order valence-electron chi connectivity index (χ1n) is 6.34. The Kier molecular flexibility index (Phi) is 4.66. The van der Waals surface area contributed by atoms with Crippen molar-refractivity contribution in [3.63, 3.8) is 0 Å². The molecule has 5 nitrogen and oxygen atoms in total. The molecule has 0 bridgehead atoms. The Balaban J connectivity index is 2.11. The third kappa shape index (κ3) is 3.84. The van der Waals surface area contributed by atoms with Crippen LogP contribution in [-0.2, 0) is 14.8 Å². The Hall–Kier alpha value is -1.84. The molecule has 0 radical (unpaired) electrons. The zero-order chi connectivity index (χ0) is 15.5. The highest BCUT2D eigenvalue weighted by Gasteiger charge is 2.21. The lowest BCUT2D eigenvalue weighted by atomic mass is 10.1. The number of benzene rings is 1. The summed E-state index contributed by atoms with van der Waals surface area (Å²) in [5.74, 6) is -0.461. The lowest BCUT2D eigenvalue weighted by Gasteiger charge is -2.10. The summed E-state index contributed by atoms with van der Waals surface area (Å²) in [5.41, 5.74) is 0.179. The molecule has 110 valence electrons. The predicted octanol–water partition coefficient (Wildman–Crippen LogP) is 2.37. The average molecular weight is 325 g/mol. The number of allylic oxidation sites excluding steroid dienone is 2. The van der Waals surface area contributed by atoms with Gasteiger partial charge < -0.3 is 0 Å². The van der Waals surface area contributed by atoms with Crippen molar-refractivity contribution in [1.82, 2.24) is 4.72 Å². The van der Waals surface area contributed by atoms with Crippen LogP contribution in [0.2, 0.25) is 5.02 Å². The molecule has 1 amide bonds. The zero-order valence-electron chi connectivity index (χ0n) is 11.0. The fourth-order valence-electron chi connectivity index (χ4n) is 2.11. The molecular formula is C14H13ClN2O3S. The molecular weight excluding hydrogens is 312 g/mol. The van der Waals surface area contributed by atoms with Crippen LogP contribution in [0.25, 0.3) is 0 Å². The Morgan fingerprint density at radius 2 is 2.24 bits per heavy atom. The van der Waals surface area contributed by atoms with Gasteiger partial charge in [-0.25, -0.2) is 13.1 Å². The molecule has 1 aliphatic carbocycles. The third-order valence-corrected chi connectivity index (χ3v) is 4.86. The van der Waals surface area contributed by atoms with Crippen LogP contribution in [0.5, 0.6) is 0 Å². The van der Waals surface area contributed by atoms with Gasteiger partial charge in [0, 0.05) is 6.42 Å². The molecule has 1 aromatic carbocycles. The van der Waals surface area contributed by atoms with Gasteiger partial charge in [0.1, 0.15) is 6.07 Å². The fourth-order valence-corrected chi connectivity index (χ4v) is 3.42. The highest BCUT2D eigenvalue weighted by molar-refractivity contribution is 7.90. The molecule has 0 aliphatic heterocycles. The maximum Gasteiger partial charge on any atom is 0.264 e. The second-order valence-electron chi connectivity index (χ2n) is 4.75. The van der Waals surface area contributed by atoms with Crippen molar-refractivity contribution in [3.8, 4) is 6.07 Å². The molecule has 0 heterocycles. The SMILES string of the molecule is N#Cc1ccc(S(=O)(=O)NC(=O)CC2C=CCC2)cc1Cl. The molecule has 2 rings (SSSR count). The predicted molar refractivity (Wildman–Crippen MR) is 78.0 cm³/mol. The van der Waals surface area contributed by atoms with Crippen molar-refractivity contribution in [3.05, 3.63) is 40.9 Å². The highest BCUT2D eigenvalue weighted by Crippen LogP contribution is 2.22. The maximum atomic E-state index is 12.1. The first-order valence-corrected chi connectivity index (χ1v) is 8.20. The summed E-state index contributed by atoms with van der Waals surface area (Å²) in [7, 11) is -3.97. The smallest absolute Gasteiger partial charge is 0.264 e. The standard InChI is InChI=1S/C14H13ClN2O3S/c15-13-8-12(6-5-11(13)9-16)21(19,20)17-14(18)7-10-3-1-2-4-10/h1,3,5-6,8,10H,2,4,7H2,(H,17,18). The van der Waals surface area contributed by atoms with Gasteiger partial charge in [-0.1, -0.05) is 23.8 Å². The minimum atomic E-state index is -3.97. The lowest BCUT2D eigenvalue weighted by Crippen LogP contribution is -2.31. The molecule has 0 fully saturated rings. The van der Waals surface area contributed by atoms with Gasteiger partial charge in [-0.3, -0.25) is 4.79 Å². The van der Waals surface area contributed by atoms with Crippen LogP contribution in [0.3, 0.4) is 0 Å². The van der Waals surface area contributed by atoms with Gasteiger partial charge in [-0.2, -0.15) is 5.26 Å². The molecule has 1 aliphatic rings. The summed E-state index contributed by atoms with van der Waals surface area (Å²) in [6.07, 6.45) is 5.81. The number of carbonyl (C=O) groups is 1. The van der Waals surface area contributed by atoms with Gasteiger partial charge in [0.05, 0.1) is 15.5 Å². The van der Waals surface area contributed by atoms with Crippen LogP contribution in [0, 0.1) is 17.2 Å². The van der Waals surface area contributed by atoms with Crippen LogP contribution in [0.15, 0.2) is 35.2 Å². The maximum absolute atomic E-state index is 12.1. The minimum Gasteiger partial charge on any atom is -0.274 e. The van der Waals surface area contributed by atoms with Crippen LogP contribution in [0.1, 0.15) is 24.8 Å². The van der Waals surface area contributed by atoms with Crippen molar-refractivity contribution in [2.24, 2.45) is 5.92 Å². The monoisotopic (exact) mass is 324 g/mol. The number of hydrogen-bond donors (Lipinski definition) is 1. The molecule has 0 saturated carbocycles. The zero-order valence-corrected chi connectivity index (χ0v) is 12.6. The van der Waals surface area contributed by atoms with Crippen molar-refractivity contribution >= 4 is 27.5 Å². The van der Waals surface area contributed by atoms with Crippen LogP contribution in [-0.4, -0.2) is 14.3 Å². The number of nitrogens with one attached hydrogen (secondary N) is 1. The molecule has 0 saturated heterocycles. The minimum absolute atomic E-state index is 0.0338. The summed E-state index contributed by atoms with van der Waals surface area (Å²) in [5, 5.41) is 8.79. The molecule has 1 N–H and O–H groups in total. The second kappa shape index (κ2) is 6.29. The number of sulfonamides is 1. The summed E-state index contributed by atoms with van der Waals surface area (Å²) < 4.78 is 26.2. The summed E-state index contributed by atoms with van der Waals surface area (Å²) in [6, 6.07) is 5.55. The molecule has 1 atom stereocenters. The normalized spacial score (nSPS) is 17.4. The molecule has 0 spiro atoms. The fraction of sp³-hybridized carbons (Fsp3) is 0.286.